The van der Waals surface area contributed by atoms with Gasteiger partial charge >= 0.3 is 6.18 Å². The van der Waals surface area contributed by atoms with Crippen molar-refractivity contribution in [2.75, 3.05) is 13.2 Å². The highest BCUT2D eigenvalue weighted by atomic mass is 19.4. The van der Waals surface area contributed by atoms with Crippen molar-refractivity contribution in [1.29, 1.82) is 0 Å². The van der Waals surface area contributed by atoms with Crippen LogP contribution in [0.3, 0.4) is 0 Å². The molecule has 0 aromatic carbocycles. The average Bonchev–Trinajstić information content (AvgIpc) is 2.67. The van der Waals surface area contributed by atoms with Crippen molar-refractivity contribution in [3.8, 4) is 0 Å². The molecule has 0 fully saturated rings. The second-order valence-electron chi connectivity index (χ2n) is 5.53. The largest absolute Gasteiger partial charge is 0.411 e. The zero-order valence-electron chi connectivity index (χ0n) is 11.5. The van der Waals surface area contributed by atoms with Gasteiger partial charge < -0.3 is 14.6 Å². The lowest BCUT2D eigenvalue weighted by Gasteiger charge is -2.19. The minimum Gasteiger partial charge on any atom is -0.370 e. The summed E-state index contributed by atoms with van der Waals surface area (Å²) in [5, 5.41) is 3.35. The molecule has 0 radical (unpaired) electrons. The van der Waals surface area contributed by atoms with Crippen LogP contribution in [-0.4, -0.2) is 29.5 Å². The minimum atomic E-state index is -4.25. The first kappa shape index (κ1) is 16.0. The van der Waals surface area contributed by atoms with Crippen molar-refractivity contribution in [3.05, 3.63) is 24.0 Å². The van der Waals surface area contributed by atoms with E-state index < -0.39 is 12.8 Å². The molecule has 1 aromatic rings. The summed E-state index contributed by atoms with van der Waals surface area (Å²) in [5.41, 5.74) is 1.14. The lowest BCUT2D eigenvalue weighted by Crippen LogP contribution is -2.34. The van der Waals surface area contributed by atoms with Gasteiger partial charge in [0.25, 0.3) is 0 Å². The molecule has 0 aliphatic rings. The third kappa shape index (κ3) is 7.89. The van der Waals surface area contributed by atoms with E-state index in [4.69, 9.17) is 0 Å². The van der Waals surface area contributed by atoms with E-state index in [1.165, 1.54) is 0 Å². The average molecular weight is 278 g/mol. The first-order valence-electron chi connectivity index (χ1n) is 6.20. The Balaban J connectivity index is 2.27. The van der Waals surface area contributed by atoms with E-state index in [1.807, 2.05) is 23.0 Å². The van der Waals surface area contributed by atoms with E-state index in [-0.39, 0.29) is 12.1 Å². The Bertz CT molecular complexity index is 380. The summed E-state index contributed by atoms with van der Waals surface area (Å²) in [6, 6.07) is 1.95. The fraction of sp³-hybridized carbons (Fsp3) is 0.692. The van der Waals surface area contributed by atoms with Crippen LogP contribution in [0.15, 0.2) is 18.5 Å². The molecule has 0 unspecified atom stereocenters. The highest BCUT2D eigenvalue weighted by Gasteiger charge is 2.27. The van der Waals surface area contributed by atoms with Crippen molar-refractivity contribution in [1.82, 2.24) is 9.88 Å². The Morgan fingerprint density at radius 2 is 1.95 bits per heavy atom. The predicted molar refractivity (Wildman–Crippen MR) is 67.9 cm³/mol. The van der Waals surface area contributed by atoms with Gasteiger partial charge in [-0.2, -0.15) is 13.2 Å². The van der Waals surface area contributed by atoms with Crippen molar-refractivity contribution in [3.63, 3.8) is 0 Å². The van der Waals surface area contributed by atoms with Crippen molar-refractivity contribution < 1.29 is 17.9 Å². The molecule has 6 heteroatoms. The van der Waals surface area contributed by atoms with E-state index in [0.717, 1.165) is 12.1 Å². The van der Waals surface area contributed by atoms with Gasteiger partial charge in [-0.05, 0) is 32.4 Å². The van der Waals surface area contributed by atoms with Crippen LogP contribution >= 0.6 is 0 Å². The standard InChI is InChI=1S/C13H21F3N2O/c1-12(2,3)17-8-11-4-5-18(9-11)6-7-19-10-13(14,15)16/h4-5,9,17H,6-8,10H2,1-3H3. The van der Waals surface area contributed by atoms with Gasteiger partial charge in [-0.1, -0.05) is 0 Å². The lowest BCUT2D eigenvalue weighted by atomic mass is 10.1. The van der Waals surface area contributed by atoms with E-state index >= 15 is 0 Å². The molecule has 1 aromatic heterocycles. The molecule has 0 spiro atoms. The predicted octanol–water partition coefficient (Wildman–Crippen LogP) is 2.96. The maximum atomic E-state index is 11.9. The summed E-state index contributed by atoms with van der Waals surface area (Å²) in [4.78, 5) is 0. The summed E-state index contributed by atoms with van der Waals surface area (Å²) >= 11 is 0. The molecular formula is C13H21F3N2O. The normalized spacial score (nSPS) is 12.9. The van der Waals surface area contributed by atoms with Crippen LogP contribution in [0.25, 0.3) is 0 Å². The molecule has 0 aliphatic carbocycles. The summed E-state index contributed by atoms with van der Waals surface area (Å²) in [5.74, 6) is 0. The zero-order valence-corrected chi connectivity index (χ0v) is 11.5. The van der Waals surface area contributed by atoms with Crippen molar-refractivity contribution in [2.45, 2.75) is 45.6 Å². The molecule has 19 heavy (non-hydrogen) atoms. The topological polar surface area (TPSA) is 26.2 Å². The lowest BCUT2D eigenvalue weighted by molar-refractivity contribution is -0.174. The summed E-state index contributed by atoms with van der Waals surface area (Å²) < 4.78 is 42.0. The van der Waals surface area contributed by atoms with Crippen molar-refractivity contribution in [2.24, 2.45) is 0 Å². The molecule has 0 saturated heterocycles. The monoisotopic (exact) mass is 278 g/mol. The Labute approximate surface area is 111 Å². The Morgan fingerprint density at radius 3 is 2.53 bits per heavy atom. The van der Waals surface area contributed by atoms with Gasteiger partial charge in [0, 0.05) is 31.0 Å². The van der Waals surface area contributed by atoms with E-state index in [9.17, 15) is 13.2 Å². The Morgan fingerprint density at radius 1 is 1.26 bits per heavy atom. The van der Waals surface area contributed by atoms with Crippen LogP contribution < -0.4 is 5.32 Å². The van der Waals surface area contributed by atoms with Crippen LogP contribution in [0.1, 0.15) is 26.3 Å². The van der Waals surface area contributed by atoms with E-state index in [1.54, 1.807) is 0 Å². The molecule has 110 valence electrons. The third-order valence-electron chi connectivity index (χ3n) is 2.39. The molecule has 1 N–H and O–H groups in total. The Kier molecular flexibility index (Phi) is 5.43. The van der Waals surface area contributed by atoms with Crippen LogP contribution in [0.5, 0.6) is 0 Å². The van der Waals surface area contributed by atoms with Crippen LogP contribution in [0.2, 0.25) is 0 Å². The van der Waals surface area contributed by atoms with Gasteiger partial charge in [0.1, 0.15) is 6.61 Å². The van der Waals surface area contributed by atoms with Gasteiger partial charge in [0.15, 0.2) is 0 Å². The quantitative estimate of drug-likeness (QED) is 0.810. The van der Waals surface area contributed by atoms with Gasteiger partial charge in [0.05, 0.1) is 6.61 Å². The minimum absolute atomic E-state index is 0.0396. The first-order chi connectivity index (χ1) is 8.66. The van der Waals surface area contributed by atoms with E-state index in [0.29, 0.717) is 6.54 Å². The van der Waals surface area contributed by atoms with Crippen molar-refractivity contribution >= 4 is 0 Å². The number of alkyl halides is 3. The fourth-order valence-electron chi connectivity index (χ4n) is 1.46. The zero-order chi connectivity index (χ0) is 14.5. The maximum Gasteiger partial charge on any atom is 0.411 e. The third-order valence-corrected chi connectivity index (χ3v) is 2.39. The fourth-order valence-corrected chi connectivity index (χ4v) is 1.46. The van der Waals surface area contributed by atoms with Crippen LogP contribution in [0, 0.1) is 0 Å². The first-order valence-corrected chi connectivity index (χ1v) is 6.20. The molecule has 3 nitrogen and oxygen atoms in total. The molecule has 0 amide bonds. The number of hydrogen-bond acceptors (Lipinski definition) is 2. The number of nitrogens with one attached hydrogen (secondary N) is 1. The van der Waals surface area contributed by atoms with Crippen LogP contribution in [0.4, 0.5) is 13.2 Å². The molecule has 0 aliphatic heterocycles. The SMILES string of the molecule is CC(C)(C)NCc1ccn(CCOCC(F)(F)F)c1. The molecular weight excluding hydrogens is 257 g/mol. The number of hydrogen-bond donors (Lipinski definition) is 1. The van der Waals surface area contributed by atoms with Gasteiger partial charge in [-0.15, -0.1) is 0 Å². The summed E-state index contributed by atoms with van der Waals surface area (Å²) in [7, 11) is 0. The van der Waals surface area contributed by atoms with Gasteiger partial charge in [0.2, 0.25) is 0 Å². The molecule has 1 rings (SSSR count). The molecule has 0 bridgehead atoms. The highest BCUT2D eigenvalue weighted by Crippen LogP contribution is 2.14. The smallest absolute Gasteiger partial charge is 0.370 e. The second kappa shape index (κ2) is 6.43. The number of halogens is 3. The number of aromatic nitrogens is 1. The second-order valence-corrected chi connectivity index (χ2v) is 5.53. The number of rotatable bonds is 6. The summed E-state index contributed by atoms with van der Waals surface area (Å²) in [6.45, 7) is 6.26. The maximum absolute atomic E-state index is 11.9. The highest BCUT2D eigenvalue weighted by molar-refractivity contribution is 5.10. The van der Waals surface area contributed by atoms with Gasteiger partial charge in [-0.25, -0.2) is 0 Å². The molecule has 0 atom stereocenters. The molecule has 0 saturated carbocycles. The Hall–Kier alpha value is -1.01. The molecule has 1 heterocycles. The van der Waals surface area contributed by atoms with E-state index in [2.05, 4.69) is 30.8 Å². The summed E-state index contributed by atoms with van der Waals surface area (Å²) in [6.07, 6.45) is -0.495. The number of ether oxygens (including phenoxy) is 1. The van der Waals surface area contributed by atoms with Gasteiger partial charge in [-0.3, -0.25) is 0 Å². The number of nitrogens with zero attached hydrogens (tertiary/aromatic N) is 1. The van der Waals surface area contributed by atoms with Crippen LogP contribution in [-0.2, 0) is 17.8 Å².